The second-order valence-corrected chi connectivity index (χ2v) is 3.33. The lowest BCUT2D eigenvalue weighted by Crippen LogP contribution is -2.59. The highest BCUT2D eigenvalue weighted by Crippen LogP contribution is 2.25. The van der Waals surface area contributed by atoms with Crippen LogP contribution in [0.25, 0.3) is 0 Å². The summed E-state index contributed by atoms with van der Waals surface area (Å²) in [5.41, 5.74) is 4.87. The molecule has 3 heteroatoms. The van der Waals surface area contributed by atoms with Crippen LogP contribution in [0.5, 0.6) is 0 Å². The number of nitrogens with two attached hydrogens (primary N) is 1. The molecule has 1 rings (SSSR count). The predicted molar refractivity (Wildman–Crippen MR) is 38.5 cm³/mol. The van der Waals surface area contributed by atoms with Crippen LogP contribution >= 0.6 is 0 Å². The summed E-state index contributed by atoms with van der Waals surface area (Å²) in [4.78, 5) is 0. The van der Waals surface area contributed by atoms with Gasteiger partial charge in [0.1, 0.15) is 0 Å². The van der Waals surface area contributed by atoms with Crippen LogP contribution in [0.15, 0.2) is 0 Å². The van der Waals surface area contributed by atoms with Crippen LogP contribution in [0, 0.1) is 0 Å². The summed E-state index contributed by atoms with van der Waals surface area (Å²) in [5, 5.41) is 18.6. The first kappa shape index (κ1) is 7.98. The standard InChI is InChI=1S/C7H15NO2/c1-7(8)5(9)3-2-4-6(7)10/h5-6,9-10H,2-4,8H2,1H3. The maximum atomic E-state index is 9.32. The monoisotopic (exact) mass is 145 g/mol. The van der Waals surface area contributed by atoms with Crippen molar-refractivity contribution in [3.8, 4) is 0 Å². The molecule has 0 saturated heterocycles. The van der Waals surface area contributed by atoms with Crippen LogP contribution in [0.4, 0.5) is 0 Å². The summed E-state index contributed by atoms with van der Waals surface area (Å²) in [6.45, 7) is 1.70. The van der Waals surface area contributed by atoms with Crippen molar-refractivity contribution in [2.24, 2.45) is 5.73 Å². The maximum absolute atomic E-state index is 9.32. The predicted octanol–water partition coefficient (Wildman–Crippen LogP) is -0.391. The van der Waals surface area contributed by atoms with Crippen molar-refractivity contribution >= 4 is 0 Å². The summed E-state index contributed by atoms with van der Waals surface area (Å²) in [6.07, 6.45) is 1.20. The Hall–Kier alpha value is -0.120. The van der Waals surface area contributed by atoms with Crippen molar-refractivity contribution in [2.75, 3.05) is 0 Å². The molecule has 1 aliphatic rings. The molecule has 4 N–H and O–H groups in total. The minimum atomic E-state index is -0.793. The van der Waals surface area contributed by atoms with Gasteiger partial charge in [0.25, 0.3) is 0 Å². The molecule has 0 bridgehead atoms. The summed E-state index contributed by atoms with van der Waals surface area (Å²) in [5.74, 6) is 0. The van der Waals surface area contributed by atoms with Crippen LogP contribution in [0.3, 0.4) is 0 Å². The molecule has 3 nitrogen and oxygen atoms in total. The van der Waals surface area contributed by atoms with E-state index in [1.54, 1.807) is 6.92 Å². The second-order valence-electron chi connectivity index (χ2n) is 3.33. The molecule has 1 saturated carbocycles. The molecule has 0 radical (unpaired) electrons. The molecule has 2 unspecified atom stereocenters. The third kappa shape index (κ3) is 1.17. The van der Waals surface area contributed by atoms with E-state index in [4.69, 9.17) is 5.73 Å². The maximum Gasteiger partial charge on any atom is 0.0742 e. The Morgan fingerprint density at radius 2 is 1.70 bits per heavy atom. The number of hydrogen-bond donors (Lipinski definition) is 3. The van der Waals surface area contributed by atoms with E-state index < -0.39 is 17.7 Å². The third-order valence-electron chi connectivity index (χ3n) is 2.39. The molecule has 0 aromatic heterocycles. The summed E-state index contributed by atoms with van der Waals surface area (Å²) in [7, 11) is 0. The van der Waals surface area contributed by atoms with Crippen molar-refractivity contribution in [3.05, 3.63) is 0 Å². The molecule has 0 aromatic carbocycles. The van der Waals surface area contributed by atoms with Crippen LogP contribution in [0.1, 0.15) is 26.2 Å². The van der Waals surface area contributed by atoms with Gasteiger partial charge in [0.05, 0.1) is 17.7 Å². The second kappa shape index (κ2) is 2.49. The molecule has 60 valence electrons. The van der Waals surface area contributed by atoms with Crippen LogP contribution in [0.2, 0.25) is 0 Å². The molecule has 0 spiro atoms. The Morgan fingerprint density at radius 1 is 1.30 bits per heavy atom. The van der Waals surface area contributed by atoms with Gasteiger partial charge in [0.2, 0.25) is 0 Å². The van der Waals surface area contributed by atoms with Gasteiger partial charge >= 0.3 is 0 Å². The Morgan fingerprint density at radius 3 is 2.00 bits per heavy atom. The van der Waals surface area contributed by atoms with Gasteiger partial charge in [-0.2, -0.15) is 0 Å². The van der Waals surface area contributed by atoms with Gasteiger partial charge in [-0.05, 0) is 26.2 Å². The van der Waals surface area contributed by atoms with Crippen LogP contribution in [-0.4, -0.2) is 28.0 Å². The molecule has 0 heterocycles. The van der Waals surface area contributed by atoms with Crippen LogP contribution < -0.4 is 5.73 Å². The van der Waals surface area contributed by atoms with Crippen LogP contribution in [-0.2, 0) is 0 Å². The van der Waals surface area contributed by atoms with Crippen molar-refractivity contribution in [2.45, 2.75) is 43.9 Å². The highest BCUT2D eigenvalue weighted by Gasteiger charge is 2.38. The molecular weight excluding hydrogens is 130 g/mol. The highest BCUT2D eigenvalue weighted by atomic mass is 16.3. The Balaban J connectivity index is 2.63. The minimum Gasteiger partial charge on any atom is -0.391 e. The van der Waals surface area contributed by atoms with Gasteiger partial charge in [-0.25, -0.2) is 0 Å². The van der Waals surface area contributed by atoms with Gasteiger partial charge in [-0.15, -0.1) is 0 Å². The summed E-state index contributed by atoms with van der Waals surface area (Å²) in [6, 6.07) is 0. The van der Waals surface area contributed by atoms with Gasteiger partial charge in [-0.1, -0.05) is 0 Å². The fourth-order valence-corrected chi connectivity index (χ4v) is 1.35. The topological polar surface area (TPSA) is 66.5 Å². The minimum absolute atomic E-state index is 0.545. The van der Waals surface area contributed by atoms with Gasteiger partial charge in [0.15, 0.2) is 0 Å². The largest absolute Gasteiger partial charge is 0.391 e. The van der Waals surface area contributed by atoms with E-state index >= 15 is 0 Å². The van der Waals surface area contributed by atoms with Gasteiger partial charge < -0.3 is 15.9 Å². The first-order valence-electron chi connectivity index (χ1n) is 3.70. The number of hydrogen-bond acceptors (Lipinski definition) is 3. The van der Waals surface area contributed by atoms with Crippen molar-refractivity contribution in [1.29, 1.82) is 0 Å². The Kier molecular flexibility index (Phi) is 1.99. The molecular formula is C7H15NO2. The zero-order chi connectivity index (χ0) is 7.78. The first-order chi connectivity index (χ1) is 4.55. The Bertz CT molecular complexity index is 113. The third-order valence-corrected chi connectivity index (χ3v) is 2.39. The Labute approximate surface area is 60.9 Å². The molecule has 0 aromatic rings. The van der Waals surface area contributed by atoms with Gasteiger partial charge in [-0.3, -0.25) is 0 Å². The summed E-state index contributed by atoms with van der Waals surface area (Å²) < 4.78 is 0. The van der Waals surface area contributed by atoms with Crippen molar-refractivity contribution in [1.82, 2.24) is 0 Å². The van der Waals surface area contributed by atoms with E-state index in [2.05, 4.69) is 0 Å². The first-order valence-corrected chi connectivity index (χ1v) is 3.70. The van der Waals surface area contributed by atoms with E-state index in [1.165, 1.54) is 0 Å². The highest BCUT2D eigenvalue weighted by molar-refractivity contribution is 4.96. The molecule has 0 amide bonds. The zero-order valence-electron chi connectivity index (χ0n) is 6.25. The van der Waals surface area contributed by atoms with Gasteiger partial charge in [0, 0.05) is 0 Å². The smallest absolute Gasteiger partial charge is 0.0742 e. The van der Waals surface area contributed by atoms with E-state index in [1.807, 2.05) is 0 Å². The number of aliphatic hydroxyl groups excluding tert-OH is 2. The molecule has 1 fully saturated rings. The molecule has 10 heavy (non-hydrogen) atoms. The fraction of sp³-hybridized carbons (Fsp3) is 1.00. The number of rotatable bonds is 0. The van der Waals surface area contributed by atoms with E-state index in [9.17, 15) is 10.2 Å². The van der Waals surface area contributed by atoms with E-state index in [-0.39, 0.29) is 0 Å². The average Bonchev–Trinajstić information content (AvgIpc) is 1.84. The number of aliphatic hydroxyl groups is 2. The molecule has 1 aliphatic carbocycles. The summed E-state index contributed by atoms with van der Waals surface area (Å²) >= 11 is 0. The average molecular weight is 145 g/mol. The normalized spacial score (nSPS) is 49.2. The zero-order valence-corrected chi connectivity index (χ0v) is 6.25. The molecule has 2 atom stereocenters. The van der Waals surface area contributed by atoms with Crippen molar-refractivity contribution in [3.63, 3.8) is 0 Å². The quantitative estimate of drug-likeness (QED) is 0.435. The lowest BCUT2D eigenvalue weighted by Gasteiger charge is -2.39. The van der Waals surface area contributed by atoms with Crippen molar-refractivity contribution < 1.29 is 10.2 Å². The van der Waals surface area contributed by atoms with E-state index in [0.717, 1.165) is 6.42 Å². The fourth-order valence-electron chi connectivity index (χ4n) is 1.35. The SMILES string of the molecule is CC1(N)C(O)CCCC1O. The van der Waals surface area contributed by atoms with E-state index in [0.29, 0.717) is 12.8 Å². The molecule has 0 aliphatic heterocycles. The lowest BCUT2D eigenvalue weighted by molar-refractivity contribution is -0.0345. The lowest BCUT2D eigenvalue weighted by atomic mass is 9.79.